The Morgan fingerprint density at radius 1 is 1.13 bits per heavy atom. The van der Waals surface area contributed by atoms with Crippen molar-refractivity contribution in [2.24, 2.45) is 0 Å². The Morgan fingerprint density at radius 2 is 1.87 bits per heavy atom. The zero-order valence-electron chi connectivity index (χ0n) is 12.6. The number of carboxylic acids is 1. The lowest BCUT2D eigenvalue weighted by Crippen LogP contribution is -2.47. The van der Waals surface area contributed by atoms with Crippen LogP contribution < -0.4 is 14.5 Å². The first-order valence-electron chi connectivity index (χ1n) is 7.09. The number of aromatic nitrogens is 4. The van der Waals surface area contributed by atoms with Gasteiger partial charge in [0, 0.05) is 38.4 Å². The van der Waals surface area contributed by atoms with Crippen molar-refractivity contribution < 1.29 is 14.6 Å². The molecule has 0 aliphatic carbocycles. The molecule has 3 heterocycles. The van der Waals surface area contributed by atoms with Gasteiger partial charge in [0.25, 0.3) is 0 Å². The van der Waals surface area contributed by atoms with Crippen LogP contribution in [0.5, 0.6) is 5.88 Å². The number of hydrogen-bond donors (Lipinski definition) is 1. The number of carbonyl (C=O) groups is 1. The molecule has 9 heteroatoms. The average Bonchev–Trinajstić information content (AvgIpc) is 2.62. The second kappa shape index (κ2) is 6.42. The standard InChI is InChI=1S/C14H16N6O3/c1-23-12-2-3-15-14(18-12)20-6-4-19(5-7-20)11-9-16-10(8-17-11)13(21)22/h2-3,8-9H,4-7H2,1H3,(H,21,22). The van der Waals surface area contributed by atoms with Crippen molar-refractivity contribution in [2.45, 2.75) is 0 Å². The van der Waals surface area contributed by atoms with Gasteiger partial charge in [-0.25, -0.2) is 19.7 Å². The molecule has 1 fully saturated rings. The van der Waals surface area contributed by atoms with Gasteiger partial charge in [0.15, 0.2) is 5.69 Å². The van der Waals surface area contributed by atoms with E-state index in [1.54, 1.807) is 19.4 Å². The number of rotatable bonds is 4. The Labute approximate surface area is 132 Å². The van der Waals surface area contributed by atoms with Crippen LogP contribution in [0, 0.1) is 0 Å². The molecular weight excluding hydrogens is 300 g/mol. The molecular formula is C14H16N6O3. The molecule has 0 radical (unpaired) electrons. The van der Waals surface area contributed by atoms with Crippen LogP contribution in [0.2, 0.25) is 0 Å². The molecule has 0 unspecified atom stereocenters. The molecule has 1 aliphatic rings. The lowest BCUT2D eigenvalue weighted by atomic mass is 10.3. The van der Waals surface area contributed by atoms with Gasteiger partial charge in [0.2, 0.25) is 11.8 Å². The second-order valence-electron chi connectivity index (χ2n) is 4.94. The first kappa shape index (κ1) is 14.9. The number of aromatic carboxylic acids is 1. The number of hydrogen-bond acceptors (Lipinski definition) is 8. The van der Waals surface area contributed by atoms with Crippen molar-refractivity contribution in [1.82, 2.24) is 19.9 Å². The summed E-state index contributed by atoms with van der Waals surface area (Å²) in [5, 5.41) is 8.84. The third-order valence-corrected chi connectivity index (χ3v) is 3.57. The predicted octanol–water partition coefficient (Wildman–Crippen LogP) is 0.300. The molecule has 3 rings (SSSR count). The summed E-state index contributed by atoms with van der Waals surface area (Å²) in [4.78, 5) is 31.6. The zero-order valence-corrected chi connectivity index (χ0v) is 12.6. The summed E-state index contributed by atoms with van der Waals surface area (Å²) in [5.41, 5.74) is -0.0582. The minimum atomic E-state index is -1.08. The minimum absolute atomic E-state index is 0.0582. The minimum Gasteiger partial charge on any atom is -0.481 e. The Hall–Kier alpha value is -2.97. The maximum atomic E-state index is 10.8. The van der Waals surface area contributed by atoms with Crippen LogP contribution in [0.25, 0.3) is 0 Å². The summed E-state index contributed by atoms with van der Waals surface area (Å²) < 4.78 is 5.11. The van der Waals surface area contributed by atoms with Gasteiger partial charge < -0.3 is 19.6 Å². The number of nitrogens with zero attached hydrogens (tertiary/aromatic N) is 6. The monoisotopic (exact) mass is 316 g/mol. The summed E-state index contributed by atoms with van der Waals surface area (Å²) >= 11 is 0. The molecule has 9 nitrogen and oxygen atoms in total. The molecule has 0 atom stereocenters. The Morgan fingerprint density at radius 3 is 2.48 bits per heavy atom. The maximum Gasteiger partial charge on any atom is 0.356 e. The van der Waals surface area contributed by atoms with Gasteiger partial charge in [0.05, 0.1) is 19.5 Å². The van der Waals surface area contributed by atoms with Crippen molar-refractivity contribution in [3.8, 4) is 5.88 Å². The molecule has 23 heavy (non-hydrogen) atoms. The Bertz CT molecular complexity index is 685. The van der Waals surface area contributed by atoms with Crippen molar-refractivity contribution >= 4 is 17.7 Å². The molecule has 0 bridgehead atoms. The number of piperazine rings is 1. The SMILES string of the molecule is COc1ccnc(N2CCN(c3cnc(C(=O)O)cn3)CC2)n1. The van der Waals surface area contributed by atoms with Crippen LogP contribution in [0.15, 0.2) is 24.7 Å². The van der Waals surface area contributed by atoms with Gasteiger partial charge in [-0.2, -0.15) is 4.98 Å². The molecule has 1 saturated heterocycles. The number of anilines is 2. The molecule has 0 amide bonds. The maximum absolute atomic E-state index is 10.8. The van der Waals surface area contributed by atoms with Crippen LogP contribution in [0.4, 0.5) is 11.8 Å². The fraction of sp³-hybridized carbons (Fsp3) is 0.357. The van der Waals surface area contributed by atoms with E-state index in [9.17, 15) is 4.79 Å². The van der Waals surface area contributed by atoms with Gasteiger partial charge in [-0.05, 0) is 0 Å². The van der Waals surface area contributed by atoms with E-state index in [1.807, 2.05) is 0 Å². The highest BCUT2D eigenvalue weighted by molar-refractivity contribution is 5.84. The van der Waals surface area contributed by atoms with Gasteiger partial charge in [-0.15, -0.1) is 0 Å². The molecule has 2 aromatic heterocycles. The van der Waals surface area contributed by atoms with E-state index >= 15 is 0 Å². The van der Waals surface area contributed by atoms with Crippen LogP contribution in [-0.2, 0) is 0 Å². The molecule has 1 N–H and O–H groups in total. The van der Waals surface area contributed by atoms with E-state index in [-0.39, 0.29) is 5.69 Å². The van der Waals surface area contributed by atoms with E-state index in [2.05, 4.69) is 29.7 Å². The van der Waals surface area contributed by atoms with Crippen molar-refractivity contribution in [2.75, 3.05) is 43.1 Å². The smallest absolute Gasteiger partial charge is 0.356 e. The normalized spacial score (nSPS) is 14.7. The third kappa shape index (κ3) is 3.28. The molecule has 0 aromatic carbocycles. The molecule has 120 valence electrons. The quantitative estimate of drug-likeness (QED) is 0.852. The summed E-state index contributed by atoms with van der Waals surface area (Å²) in [6.45, 7) is 2.91. The van der Waals surface area contributed by atoms with Crippen LogP contribution >= 0.6 is 0 Å². The van der Waals surface area contributed by atoms with Gasteiger partial charge in [0.1, 0.15) is 5.82 Å². The topological polar surface area (TPSA) is 105 Å². The lowest BCUT2D eigenvalue weighted by Gasteiger charge is -2.35. The fourth-order valence-corrected chi connectivity index (χ4v) is 2.33. The van der Waals surface area contributed by atoms with Gasteiger partial charge in [-0.3, -0.25) is 0 Å². The fourth-order valence-electron chi connectivity index (χ4n) is 2.33. The van der Waals surface area contributed by atoms with Crippen molar-refractivity contribution in [1.29, 1.82) is 0 Å². The average molecular weight is 316 g/mol. The Balaban J connectivity index is 1.64. The highest BCUT2D eigenvalue weighted by atomic mass is 16.5. The number of carboxylic acid groups (broad SMARTS) is 1. The first-order chi connectivity index (χ1) is 11.2. The van der Waals surface area contributed by atoms with Crippen molar-refractivity contribution in [3.63, 3.8) is 0 Å². The van der Waals surface area contributed by atoms with Crippen LogP contribution in [0.3, 0.4) is 0 Å². The molecule has 0 spiro atoms. The second-order valence-corrected chi connectivity index (χ2v) is 4.94. The van der Waals surface area contributed by atoms with Gasteiger partial charge >= 0.3 is 5.97 Å². The van der Waals surface area contributed by atoms with E-state index < -0.39 is 5.97 Å². The highest BCUT2D eigenvalue weighted by Gasteiger charge is 2.20. The van der Waals surface area contributed by atoms with Crippen molar-refractivity contribution in [3.05, 3.63) is 30.4 Å². The van der Waals surface area contributed by atoms with E-state index in [0.717, 1.165) is 26.2 Å². The zero-order chi connectivity index (χ0) is 16.2. The van der Waals surface area contributed by atoms with Crippen LogP contribution in [-0.4, -0.2) is 64.3 Å². The molecule has 1 aliphatic heterocycles. The van der Waals surface area contributed by atoms with Gasteiger partial charge in [-0.1, -0.05) is 0 Å². The van der Waals surface area contributed by atoms with Crippen LogP contribution in [0.1, 0.15) is 10.5 Å². The number of methoxy groups -OCH3 is 1. The highest BCUT2D eigenvalue weighted by Crippen LogP contribution is 2.17. The predicted molar refractivity (Wildman–Crippen MR) is 82.0 cm³/mol. The molecule has 2 aromatic rings. The largest absolute Gasteiger partial charge is 0.481 e. The third-order valence-electron chi connectivity index (χ3n) is 3.57. The van der Waals surface area contributed by atoms with E-state index in [1.165, 1.54) is 12.4 Å². The summed E-state index contributed by atoms with van der Waals surface area (Å²) in [5.74, 6) is 0.758. The van der Waals surface area contributed by atoms with E-state index in [0.29, 0.717) is 17.6 Å². The Kier molecular flexibility index (Phi) is 4.18. The molecule has 0 saturated carbocycles. The lowest BCUT2D eigenvalue weighted by molar-refractivity contribution is 0.0690. The summed E-state index contributed by atoms with van der Waals surface area (Å²) in [7, 11) is 1.57. The number of ether oxygens (including phenoxy) is 1. The van der Waals surface area contributed by atoms with E-state index in [4.69, 9.17) is 9.84 Å². The first-order valence-corrected chi connectivity index (χ1v) is 7.09. The summed E-state index contributed by atoms with van der Waals surface area (Å²) in [6, 6.07) is 1.71. The summed E-state index contributed by atoms with van der Waals surface area (Å²) in [6.07, 6.45) is 4.43.